The molecule has 0 aliphatic carbocycles. The molecule has 5 heterocycles. The van der Waals surface area contributed by atoms with Gasteiger partial charge in [-0.1, -0.05) is 45.0 Å². The van der Waals surface area contributed by atoms with E-state index in [1.54, 1.807) is 22.7 Å². The van der Waals surface area contributed by atoms with Crippen LogP contribution in [0.2, 0.25) is 0 Å². The Bertz CT molecular complexity index is 2410. The van der Waals surface area contributed by atoms with Crippen LogP contribution in [0.15, 0.2) is 59.0 Å². The van der Waals surface area contributed by atoms with Crippen LogP contribution in [0.1, 0.15) is 110 Å². The lowest BCUT2D eigenvalue weighted by Crippen LogP contribution is -2.57. The monoisotopic (exact) mass is 850 g/mol. The number of aliphatic hydroxyl groups excluding tert-OH is 1. The minimum atomic E-state index is -0.912. The number of fused-ring (bicyclic) bond motifs is 3. The Morgan fingerprint density at radius 1 is 0.983 bits per heavy atom. The summed E-state index contributed by atoms with van der Waals surface area (Å²) in [5.41, 5.74) is 8.25. The SMILES string of the molecule is Cc1ncsc1-c1ccc([C@H](C)NC(=O)[C@@H]2C[C@@H](O)CN2C(=O)C(NC(=O)CCCOc2ccc(C3=N[C@@H](C)c4nnc(C)n4-c4sc(C)c(C)c43)cc2)C(C)(C)C)cc1. The van der Waals surface area contributed by atoms with Crippen LogP contribution in [0.25, 0.3) is 15.4 Å². The summed E-state index contributed by atoms with van der Waals surface area (Å²) in [6.07, 6.45) is -0.182. The Balaban J connectivity index is 0.936. The minimum absolute atomic E-state index is 0.00551. The van der Waals surface area contributed by atoms with Gasteiger partial charge >= 0.3 is 0 Å². The molecule has 316 valence electrons. The molecular formula is C45H54N8O5S2. The molecule has 15 heteroatoms. The van der Waals surface area contributed by atoms with E-state index in [1.807, 2.05) is 103 Å². The molecule has 3 amide bonds. The van der Waals surface area contributed by atoms with Gasteiger partial charge in [-0.15, -0.1) is 32.9 Å². The van der Waals surface area contributed by atoms with E-state index in [9.17, 15) is 19.5 Å². The molecule has 1 saturated heterocycles. The number of aliphatic hydroxyl groups is 1. The zero-order valence-electron chi connectivity index (χ0n) is 35.7. The van der Waals surface area contributed by atoms with E-state index in [0.717, 1.165) is 55.2 Å². The van der Waals surface area contributed by atoms with Crippen molar-refractivity contribution in [2.45, 2.75) is 112 Å². The largest absolute Gasteiger partial charge is 0.494 e. The average Bonchev–Trinajstić information content (AvgIpc) is 3.98. The number of amides is 3. The number of aromatic nitrogens is 4. The van der Waals surface area contributed by atoms with Gasteiger partial charge in [-0.2, -0.15) is 0 Å². The Morgan fingerprint density at radius 2 is 1.68 bits per heavy atom. The van der Waals surface area contributed by atoms with E-state index in [0.29, 0.717) is 18.8 Å². The van der Waals surface area contributed by atoms with Crippen molar-refractivity contribution in [3.8, 4) is 21.2 Å². The predicted molar refractivity (Wildman–Crippen MR) is 235 cm³/mol. The lowest BCUT2D eigenvalue weighted by atomic mass is 9.85. The standard InChI is InChI=1S/C45H54N8O5S2/c1-24-28(5)60-44-37(24)38(47-27(4)41-51-50-29(6)53(41)44)31-16-18-34(19-17-31)58-20-10-11-36(55)49-40(45(7,8)9)43(57)52-22-33(54)21-35(52)42(56)48-25(2)30-12-14-32(15-13-30)39-26(3)46-23-59-39/h12-19,23,25,27,33,35,40,54H,10-11,20-22H2,1-9H3,(H,48,56)(H,49,55)/t25-,27-,33+,35-,40?/m0/s1. The number of benzene rings is 2. The zero-order chi connectivity index (χ0) is 43.0. The number of thiophene rings is 1. The van der Waals surface area contributed by atoms with Crippen LogP contribution in [-0.2, 0) is 14.4 Å². The third kappa shape index (κ3) is 8.79. The van der Waals surface area contributed by atoms with Crippen LogP contribution in [0.4, 0.5) is 0 Å². The summed E-state index contributed by atoms with van der Waals surface area (Å²) in [4.78, 5) is 54.3. The Hall–Kier alpha value is -5.25. The van der Waals surface area contributed by atoms with Gasteiger partial charge in [0.15, 0.2) is 5.82 Å². The molecule has 3 N–H and O–H groups in total. The number of aliphatic imine (C=N–C) groups is 1. The third-order valence-electron chi connectivity index (χ3n) is 11.4. The topological polar surface area (TPSA) is 164 Å². The second kappa shape index (κ2) is 17.4. The summed E-state index contributed by atoms with van der Waals surface area (Å²) in [6, 6.07) is 13.5. The molecule has 1 fully saturated rings. The fourth-order valence-electron chi connectivity index (χ4n) is 7.86. The van der Waals surface area contributed by atoms with Gasteiger partial charge in [-0.05, 0) is 94.3 Å². The number of nitrogens with one attached hydrogen (secondary N) is 2. The number of aryl methyl sites for hydroxylation is 3. The van der Waals surface area contributed by atoms with E-state index in [-0.39, 0.29) is 43.3 Å². The lowest BCUT2D eigenvalue weighted by molar-refractivity contribution is -0.144. The van der Waals surface area contributed by atoms with Gasteiger partial charge < -0.3 is 25.4 Å². The van der Waals surface area contributed by atoms with Crippen molar-refractivity contribution in [2.75, 3.05) is 13.2 Å². The molecule has 0 bridgehead atoms. The molecule has 3 aromatic heterocycles. The molecule has 2 aromatic carbocycles. The van der Waals surface area contributed by atoms with Gasteiger partial charge in [0.1, 0.15) is 34.7 Å². The van der Waals surface area contributed by atoms with Gasteiger partial charge in [0.25, 0.3) is 0 Å². The Labute approximate surface area is 359 Å². The van der Waals surface area contributed by atoms with E-state index in [2.05, 4.69) is 44.2 Å². The van der Waals surface area contributed by atoms with Crippen LogP contribution >= 0.6 is 22.7 Å². The normalized spacial score (nSPS) is 18.5. The highest BCUT2D eigenvalue weighted by molar-refractivity contribution is 7.15. The summed E-state index contributed by atoms with van der Waals surface area (Å²) < 4.78 is 8.17. The van der Waals surface area contributed by atoms with Crippen molar-refractivity contribution in [3.05, 3.63) is 98.5 Å². The van der Waals surface area contributed by atoms with Gasteiger partial charge in [0.05, 0.1) is 40.5 Å². The molecule has 5 atom stereocenters. The van der Waals surface area contributed by atoms with Crippen molar-refractivity contribution in [2.24, 2.45) is 10.4 Å². The molecule has 60 heavy (non-hydrogen) atoms. The summed E-state index contributed by atoms with van der Waals surface area (Å²) in [7, 11) is 0. The number of hydrogen-bond donors (Lipinski definition) is 3. The highest BCUT2D eigenvalue weighted by atomic mass is 32.1. The van der Waals surface area contributed by atoms with Crippen molar-refractivity contribution < 1.29 is 24.2 Å². The number of ether oxygens (including phenoxy) is 1. The van der Waals surface area contributed by atoms with Gasteiger partial charge in [0, 0.05) is 35.4 Å². The number of likely N-dealkylation sites (tertiary alicyclic amines) is 1. The molecule has 13 nitrogen and oxygen atoms in total. The second-order valence-electron chi connectivity index (χ2n) is 16.9. The first kappa shape index (κ1) is 42.9. The highest BCUT2D eigenvalue weighted by Crippen LogP contribution is 2.39. The Kier molecular flexibility index (Phi) is 12.4. The molecule has 2 aliphatic rings. The summed E-state index contributed by atoms with van der Waals surface area (Å²) in [5.74, 6) is 1.28. The Morgan fingerprint density at radius 3 is 2.35 bits per heavy atom. The van der Waals surface area contributed by atoms with E-state index < -0.39 is 29.5 Å². The first-order valence-electron chi connectivity index (χ1n) is 20.4. The van der Waals surface area contributed by atoms with Crippen LogP contribution in [0, 0.1) is 33.1 Å². The first-order chi connectivity index (χ1) is 28.5. The van der Waals surface area contributed by atoms with Crippen LogP contribution in [-0.4, -0.2) is 84.5 Å². The average molecular weight is 851 g/mol. The quantitative estimate of drug-likeness (QED) is 0.112. The summed E-state index contributed by atoms with van der Waals surface area (Å²) in [6.45, 7) is 18.0. The number of carbonyl (C=O) groups is 3. The molecule has 0 radical (unpaired) electrons. The lowest BCUT2D eigenvalue weighted by Gasteiger charge is -2.35. The number of rotatable bonds is 12. The molecule has 2 aliphatic heterocycles. The summed E-state index contributed by atoms with van der Waals surface area (Å²) in [5, 5.41) is 26.5. The number of β-amino-alcohol motifs (C(OH)–C–C–N with tert-alkyl or cyclic N) is 1. The highest BCUT2D eigenvalue weighted by Gasteiger charge is 2.44. The van der Waals surface area contributed by atoms with Crippen molar-refractivity contribution in [1.82, 2.24) is 35.3 Å². The third-order valence-corrected chi connectivity index (χ3v) is 13.5. The first-order valence-corrected chi connectivity index (χ1v) is 22.1. The number of carbonyl (C=O) groups excluding carboxylic acids is 3. The molecule has 0 saturated carbocycles. The number of nitrogens with zero attached hydrogens (tertiary/aromatic N) is 6. The van der Waals surface area contributed by atoms with E-state index in [4.69, 9.17) is 9.73 Å². The van der Waals surface area contributed by atoms with Crippen LogP contribution < -0.4 is 15.4 Å². The molecule has 5 aromatic rings. The maximum atomic E-state index is 14.1. The summed E-state index contributed by atoms with van der Waals surface area (Å²) >= 11 is 3.30. The predicted octanol–water partition coefficient (Wildman–Crippen LogP) is 7.13. The van der Waals surface area contributed by atoms with Gasteiger partial charge in [0.2, 0.25) is 17.7 Å². The minimum Gasteiger partial charge on any atom is -0.494 e. The smallest absolute Gasteiger partial charge is 0.246 e. The van der Waals surface area contributed by atoms with Crippen molar-refractivity contribution in [1.29, 1.82) is 0 Å². The fourth-order valence-corrected chi connectivity index (χ4v) is 9.89. The van der Waals surface area contributed by atoms with Crippen LogP contribution in [0.3, 0.4) is 0 Å². The maximum absolute atomic E-state index is 14.1. The van der Waals surface area contributed by atoms with E-state index in [1.165, 1.54) is 15.3 Å². The van der Waals surface area contributed by atoms with Gasteiger partial charge in [-0.25, -0.2) is 4.98 Å². The molecule has 7 rings (SSSR count). The molecule has 0 spiro atoms. The van der Waals surface area contributed by atoms with E-state index >= 15 is 0 Å². The zero-order valence-corrected chi connectivity index (χ0v) is 37.3. The van der Waals surface area contributed by atoms with Crippen molar-refractivity contribution in [3.63, 3.8) is 0 Å². The maximum Gasteiger partial charge on any atom is 0.246 e. The second-order valence-corrected chi connectivity index (χ2v) is 19.0. The number of thiazole rings is 1. The molecule has 1 unspecified atom stereocenters. The fraction of sp³-hybridized carbons (Fsp3) is 0.444. The van der Waals surface area contributed by atoms with Crippen LogP contribution in [0.5, 0.6) is 5.75 Å². The molecular weight excluding hydrogens is 797 g/mol. The van der Waals surface area contributed by atoms with Crippen molar-refractivity contribution >= 4 is 46.1 Å². The number of hydrogen-bond acceptors (Lipinski definition) is 11. The van der Waals surface area contributed by atoms with Gasteiger partial charge in [-0.3, -0.25) is 23.9 Å².